The third-order valence-corrected chi connectivity index (χ3v) is 4.58. The zero-order valence-corrected chi connectivity index (χ0v) is 11.5. The number of nitrogens with one attached hydrogen (secondary N) is 1. The van der Waals surface area contributed by atoms with Crippen molar-refractivity contribution in [3.8, 4) is 0 Å². The average molecular weight is 253 g/mol. The van der Waals surface area contributed by atoms with E-state index in [1.165, 1.54) is 42.1 Å². The Bertz CT molecular complexity index is 318. The molecule has 0 saturated carbocycles. The molecule has 0 aromatic carbocycles. The van der Waals surface area contributed by atoms with Gasteiger partial charge in [-0.2, -0.15) is 0 Å². The molecule has 1 aliphatic rings. The molecule has 0 amide bonds. The van der Waals surface area contributed by atoms with Crippen LogP contribution in [-0.4, -0.2) is 19.7 Å². The van der Waals surface area contributed by atoms with Crippen molar-refractivity contribution in [3.05, 3.63) is 21.9 Å². The van der Waals surface area contributed by atoms with Crippen molar-refractivity contribution in [1.82, 2.24) is 5.32 Å². The van der Waals surface area contributed by atoms with Gasteiger partial charge in [-0.3, -0.25) is 0 Å². The molecule has 0 spiro atoms. The molecule has 1 aliphatic heterocycles. The molecule has 1 aromatic heterocycles. The van der Waals surface area contributed by atoms with Crippen molar-refractivity contribution in [2.45, 2.75) is 39.2 Å². The van der Waals surface area contributed by atoms with Gasteiger partial charge in [-0.15, -0.1) is 11.3 Å². The van der Waals surface area contributed by atoms with E-state index >= 15 is 0 Å². The summed E-state index contributed by atoms with van der Waals surface area (Å²) in [6.07, 6.45) is 5.04. The first kappa shape index (κ1) is 13.1. The molecule has 3 heteroatoms. The predicted octanol–water partition coefficient (Wildman–Crippen LogP) is 3.22. The Hall–Kier alpha value is -0.380. The van der Waals surface area contributed by atoms with Crippen LogP contribution in [0, 0.1) is 5.92 Å². The smallest absolute Gasteiger partial charge is 0.0809 e. The van der Waals surface area contributed by atoms with Crippen molar-refractivity contribution in [2.75, 3.05) is 19.7 Å². The first-order chi connectivity index (χ1) is 8.38. The topological polar surface area (TPSA) is 21.3 Å². The average Bonchev–Trinajstić information content (AvgIpc) is 2.84. The summed E-state index contributed by atoms with van der Waals surface area (Å²) in [5, 5.41) is 3.45. The van der Waals surface area contributed by atoms with Crippen molar-refractivity contribution in [2.24, 2.45) is 5.92 Å². The van der Waals surface area contributed by atoms with Gasteiger partial charge >= 0.3 is 0 Å². The van der Waals surface area contributed by atoms with E-state index in [4.69, 9.17) is 4.74 Å². The summed E-state index contributed by atoms with van der Waals surface area (Å²) in [6, 6.07) is 4.42. The normalized spacial score (nSPS) is 20.6. The highest BCUT2D eigenvalue weighted by atomic mass is 32.1. The lowest BCUT2D eigenvalue weighted by atomic mass is 9.97. The number of aryl methyl sites for hydroxylation is 1. The minimum Gasteiger partial charge on any atom is -0.376 e. The molecule has 0 radical (unpaired) electrons. The lowest BCUT2D eigenvalue weighted by molar-refractivity contribution is 0.105. The van der Waals surface area contributed by atoms with Gasteiger partial charge in [-0.25, -0.2) is 0 Å². The van der Waals surface area contributed by atoms with E-state index in [9.17, 15) is 0 Å². The van der Waals surface area contributed by atoms with E-state index in [0.717, 1.165) is 25.6 Å². The third kappa shape index (κ3) is 4.41. The standard InChI is InChI=1S/C14H23NOS/c1-2-13-5-6-14(17-13)11-16-9-7-12-4-3-8-15-10-12/h5-6,12,15H,2-4,7-11H2,1H3. The number of rotatable bonds is 6. The van der Waals surface area contributed by atoms with Gasteiger partial charge in [-0.05, 0) is 56.8 Å². The lowest BCUT2D eigenvalue weighted by Gasteiger charge is -2.22. The molecule has 1 atom stereocenters. The molecule has 1 unspecified atom stereocenters. The number of hydrogen-bond acceptors (Lipinski definition) is 3. The summed E-state index contributed by atoms with van der Waals surface area (Å²) in [5.74, 6) is 0.832. The second kappa shape index (κ2) is 7.14. The van der Waals surface area contributed by atoms with Crippen LogP contribution in [0.5, 0.6) is 0 Å². The Morgan fingerprint density at radius 1 is 1.41 bits per heavy atom. The van der Waals surface area contributed by atoms with E-state index in [-0.39, 0.29) is 0 Å². The molecule has 17 heavy (non-hydrogen) atoms. The van der Waals surface area contributed by atoms with E-state index in [2.05, 4.69) is 24.4 Å². The van der Waals surface area contributed by atoms with Crippen molar-refractivity contribution < 1.29 is 4.74 Å². The van der Waals surface area contributed by atoms with Gasteiger partial charge in [0.1, 0.15) is 0 Å². The highest BCUT2D eigenvalue weighted by molar-refractivity contribution is 7.11. The summed E-state index contributed by atoms with van der Waals surface area (Å²) in [4.78, 5) is 2.82. The molecule has 0 aliphatic carbocycles. The summed E-state index contributed by atoms with van der Waals surface area (Å²) >= 11 is 1.88. The number of hydrogen-bond donors (Lipinski definition) is 1. The summed E-state index contributed by atoms with van der Waals surface area (Å²) < 4.78 is 5.76. The lowest BCUT2D eigenvalue weighted by Crippen LogP contribution is -2.30. The van der Waals surface area contributed by atoms with Crippen LogP contribution in [0.3, 0.4) is 0 Å². The molecule has 1 N–H and O–H groups in total. The van der Waals surface area contributed by atoms with Crippen LogP contribution in [0.1, 0.15) is 35.9 Å². The third-order valence-electron chi connectivity index (χ3n) is 3.38. The first-order valence-corrected chi connectivity index (χ1v) is 7.56. The van der Waals surface area contributed by atoms with Crippen LogP contribution in [-0.2, 0) is 17.8 Å². The fraction of sp³-hybridized carbons (Fsp3) is 0.714. The molecular formula is C14H23NOS. The minimum absolute atomic E-state index is 0.796. The van der Waals surface area contributed by atoms with Crippen LogP contribution < -0.4 is 5.32 Å². The van der Waals surface area contributed by atoms with Crippen LogP contribution in [0.2, 0.25) is 0 Å². The molecule has 96 valence electrons. The van der Waals surface area contributed by atoms with E-state index in [1.807, 2.05) is 11.3 Å². The molecule has 1 saturated heterocycles. The molecular weight excluding hydrogens is 230 g/mol. The van der Waals surface area contributed by atoms with Gasteiger partial charge in [0.15, 0.2) is 0 Å². The van der Waals surface area contributed by atoms with Crippen molar-refractivity contribution in [1.29, 1.82) is 0 Å². The largest absolute Gasteiger partial charge is 0.376 e. The zero-order chi connectivity index (χ0) is 11.9. The van der Waals surface area contributed by atoms with E-state index in [1.54, 1.807) is 0 Å². The Labute approximate surface area is 108 Å². The maximum Gasteiger partial charge on any atom is 0.0809 e. The summed E-state index contributed by atoms with van der Waals surface area (Å²) in [5.41, 5.74) is 0. The van der Waals surface area contributed by atoms with Gasteiger partial charge < -0.3 is 10.1 Å². The van der Waals surface area contributed by atoms with Gasteiger partial charge in [-0.1, -0.05) is 6.92 Å². The van der Waals surface area contributed by atoms with E-state index < -0.39 is 0 Å². The number of ether oxygens (including phenoxy) is 1. The summed E-state index contributed by atoms with van der Waals surface area (Å²) in [6.45, 7) is 6.29. The Morgan fingerprint density at radius 2 is 2.29 bits per heavy atom. The number of thiophene rings is 1. The Morgan fingerprint density at radius 3 is 3.00 bits per heavy atom. The predicted molar refractivity (Wildman–Crippen MR) is 73.6 cm³/mol. The maximum absolute atomic E-state index is 5.76. The quantitative estimate of drug-likeness (QED) is 0.786. The maximum atomic E-state index is 5.76. The molecule has 2 heterocycles. The highest BCUT2D eigenvalue weighted by Gasteiger charge is 2.12. The second-order valence-corrected chi connectivity index (χ2v) is 6.03. The van der Waals surface area contributed by atoms with Crippen LogP contribution in [0.15, 0.2) is 12.1 Å². The Kier molecular flexibility index (Phi) is 5.49. The SMILES string of the molecule is CCc1ccc(COCCC2CCCNC2)s1. The van der Waals surface area contributed by atoms with Gasteiger partial charge in [0.05, 0.1) is 6.61 Å². The monoisotopic (exact) mass is 253 g/mol. The zero-order valence-electron chi connectivity index (χ0n) is 10.7. The Balaban J connectivity index is 1.59. The molecule has 1 aromatic rings. The molecule has 2 nitrogen and oxygen atoms in total. The van der Waals surface area contributed by atoms with Gasteiger partial charge in [0.2, 0.25) is 0 Å². The first-order valence-electron chi connectivity index (χ1n) is 6.74. The fourth-order valence-electron chi connectivity index (χ4n) is 2.28. The minimum atomic E-state index is 0.796. The van der Waals surface area contributed by atoms with Crippen LogP contribution in [0.25, 0.3) is 0 Å². The number of piperidine rings is 1. The second-order valence-electron chi connectivity index (χ2n) is 4.78. The van der Waals surface area contributed by atoms with E-state index in [0.29, 0.717) is 0 Å². The van der Waals surface area contributed by atoms with Gasteiger partial charge in [0.25, 0.3) is 0 Å². The van der Waals surface area contributed by atoms with Gasteiger partial charge in [0, 0.05) is 16.4 Å². The van der Waals surface area contributed by atoms with Crippen molar-refractivity contribution >= 4 is 11.3 Å². The molecule has 2 rings (SSSR count). The highest BCUT2D eigenvalue weighted by Crippen LogP contribution is 2.18. The van der Waals surface area contributed by atoms with Crippen LogP contribution >= 0.6 is 11.3 Å². The molecule has 1 fully saturated rings. The van der Waals surface area contributed by atoms with Crippen LogP contribution in [0.4, 0.5) is 0 Å². The van der Waals surface area contributed by atoms with Crippen molar-refractivity contribution in [3.63, 3.8) is 0 Å². The molecule has 0 bridgehead atoms. The fourth-order valence-corrected chi connectivity index (χ4v) is 3.18. The summed E-state index contributed by atoms with van der Waals surface area (Å²) in [7, 11) is 0.